The first-order valence-electron chi connectivity index (χ1n) is 10.9. The maximum atomic E-state index is 13.0. The van der Waals surface area contributed by atoms with Crippen molar-refractivity contribution < 1.29 is 9.53 Å². The van der Waals surface area contributed by atoms with Crippen LogP contribution in [0.15, 0.2) is 60.7 Å². The molecule has 1 amide bonds. The van der Waals surface area contributed by atoms with Gasteiger partial charge in [0.2, 0.25) is 5.91 Å². The molecule has 0 spiro atoms. The summed E-state index contributed by atoms with van der Waals surface area (Å²) < 4.78 is 5.18. The number of hydrogen-bond donors (Lipinski definition) is 3. The summed E-state index contributed by atoms with van der Waals surface area (Å²) in [5.74, 6) is 0.327. The number of methoxy groups -OCH3 is 1. The minimum Gasteiger partial charge on any atom is -0.497 e. The largest absolute Gasteiger partial charge is 0.497 e. The van der Waals surface area contributed by atoms with E-state index in [0.717, 1.165) is 30.6 Å². The molecule has 4 rings (SSSR count). The Kier molecular flexibility index (Phi) is 7.43. The Labute approximate surface area is 204 Å². The van der Waals surface area contributed by atoms with E-state index < -0.39 is 6.04 Å². The number of benzene rings is 3. The van der Waals surface area contributed by atoms with Gasteiger partial charge in [-0.05, 0) is 59.7 Å². The number of anilines is 1. The molecule has 4 N–H and O–H groups in total. The lowest BCUT2D eigenvalue weighted by molar-refractivity contribution is -0.123. The van der Waals surface area contributed by atoms with E-state index in [1.54, 1.807) is 19.2 Å². The first kappa shape index (κ1) is 23.4. The van der Waals surface area contributed by atoms with E-state index in [2.05, 4.69) is 41.0 Å². The van der Waals surface area contributed by atoms with Gasteiger partial charge >= 0.3 is 0 Å². The summed E-state index contributed by atoms with van der Waals surface area (Å²) in [6, 6.07) is 19.2. The minimum absolute atomic E-state index is 0.114. The Hall–Kier alpha value is -2.73. The molecule has 0 aromatic heterocycles. The molecule has 0 fully saturated rings. The van der Waals surface area contributed by atoms with E-state index in [1.165, 1.54) is 11.1 Å². The normalized spacial score (nSPS) is 15.8. The van der Waals surface area contributed by atoms with Crippen LogP contribution >= 0.6 is 23.2 Å². The smallest absolute Gasteiger partial charge is 0.237 e. The van der Waals surface area contributed by atoms with Gasteiger partial charge in [-0.3, -0.25) is 4.79 Å². The van der Waals surface area contributed by atoms with Gasteiger partial charge < -0.3 is 21.1 Å². The van der Waals surface area contributed by atoms with E-state index in [9.17, 15) is 4.79 Å². The molecule has 0 unspecified atom stereocenters. The van der Waals surface area contributed by atoms with Crippen molar-refractivity contribution in [3.8, 4) is 5.75 Å². The number of carbonyl (C=O) groups excluding carboxylic acids is 1. The molecule has 1 heterocycles. The summed E-state index contributed by atoms with van der Waals surface area (Å²) in [6.45, 7) is 0.779. The summed E-state index contributed by atoms with van der Waals surface area (Å²) >= 11 is 12.7. The average Bonchev–Trinajstić information content (AvgIpc) is 2.82. The van der Waals surface area contributed by atoms with Crippen molar-refractivity contribution in [3.63, 3.8) is 0 Å². The Morgan fingerprint density at radius 1 is 1.12 bits per heavy atom. The lowest BCUT2D eigenvalue weighted by Gasteiger charge is -2.29. The number of fused-ring (bicyclic) bond motifs is 1. The molecule has 3 aromatic carbocycles. The third kappa shape index (κ3) is 5.61. The zero-order valence-corrected chi connectivity index (χ0v) is 19.9. The van der Waals surface area contributed by atoms with Crippen LogP contribution in [0.5, 0.6) is 5.75 Å². The van der Waals surface area contributed by atoms with Gasteiger partial charge in [0.05, 0.1) is 19.2 Å². The molecular weight excluding hydrogens is 457 g/mol. The van der Waals surface area contributed by atoms with Crippen LogP contribution < -0.4 is 21.1 Å². The molecule has 0 saturated carbocycles. The predicted molar refractivity (Wildman–Crippen MR) is 134 cm³/mol. The third-order valence-electron chi connectivity index (χ3n) is 5.92. The third-order valence-corrected chi connectivity index (χ3v) is 6.59. The summed E-state index contributed by atoms with van der Waals surface area (Å²) in [5, 5.41) is 7.42. The fourth-order valence-electron chi connectivity index (χ4n) is 4.14. The second kappa shape index (κ2) is 10.5. The van der Waals surface area contributed by atoms with Gasteiger partial charge in [0.1, 0.15) is 5.75 Å². The number of carbonyl (C=O) groups is 1. The highest BCUT2D eigenvalue weighted by molar-refractivity contribution is 6.36. The van der Waals surface area contributed by atoms with Crippen LogP contribution in [0.4, 0.5) is 5.69 Å². The van der Waals surface area contributed by atoms with Crippen molar-refractivity contribution in [2.24, 2.45) is 5.73 Å². The lowest BCUT2D eigenvalue weighted by atomic mass is 9.93. The highest BCUT2D eigenvalue weighted by Gasteiger charge is 2.25. The predicted octanol–water partition coefficient (Wildman–Crippen LogP) is 5.14. The molecule has 3 aromatic rings. The number of hydrogen-bond acceptors (Lipinski definition) is 4. The number of nitrogens with two attached hydrogens (primary N) is 1. The van der Waals surface area contributed by atoms with Crippen LogP contribution in [0.25, 0.3) is 0 Å². The fourth-order valence-corrected chi connectivity index (χ4v) is 4.76. The maximum Gasteiger partial charge on any atom is 0.237 e. The van der Waals surface area contributed by atoms with Gasteiger partial charge in [0, 0.05) is 22.3 Å². The maximum absolute atomic E-state index is 13.0. The Bertz CT molecular complexity index is 1110. The Balaban J connectivity index is 1.47. The van der Waals surface area contributed by atoms with Crippen LogP contribution in [-0.2, 0) is 17.6 Å². The Morgan fingerprint density at radius 3 is 2.55 bits per heavy atom. The molecule has 7 heteroatoms. The zero-order valence-electron chi connectivity index (χ0n) is 18.4. The quantitative estimate of drug-likeness (QED) is 0.434. The topological polar surface area (TPSA) is 76.4 Å². The SMILES string of the molecule is COc1cc(Cl)c(C[C@H](N)C(=O)N[C@@H]2CCNc3ccc(Cc4ccccc4)cc32)c(Cl)c1. The number of nitrogens with one attached hydrogen (secondary N) is 2. The number of halogens is 2. The second-order valence-corrected chi connectivity index (χ2v) is 9.06. The Morgan fingerprint density at radius 2 is 1.85 bits per heavy atom. The molecule has 1 aliphatic rings. The van der Waals surface area contributed by atoms with Crippen LogP contribution in [0.2, 0.25) is 10.0 Å². The highest BCUT2D eigenvalue weighted by atomic mass is 35.5. The molecule has 1 aliphatic heterocycles. The molecule has 172 valence electrons. The van der Waals surface area contributed by atoms with Crippen LogP contribution in [-0.4, -0.2) is 25.6 Å². The van der Waals surface area contributed by atoms with E-state index in [1.807, 2.05) is 18.2 Å². The monoisotopic (exact) mass is 483 g/mol. The van der Waals surface area contributed by atoms with Gasteiger partial charge in [-0.25, -0.2) is 0 Å². The van der Waals surface area contributed by atoms with Crippen LogP contribution in [0, 0.1) is 0 Å². The average molecular weight is 484 g/mol. The zero-order chi connectivity index (χ0) is 23.4. The first-order valence-corrected chi connectivity index (χ1v) is 11.7. The van der Waals surface area contributed by atoms with Gasteiger partial charge in [-0.15, -0.1) is 0 Å². The van der Waals surface area contributed by atoms with Crippen LogP contribution in [0.1, 0.15) is 34.7 Å². The number of amides is 1. The molecule has 0 bridgehead atoms. The van der Waals surface area contributed by atoms with Crippen molar-refractivity contribution in [1.82, 2.24) is 5.32 Å². The minimum atomic E-state index is -0.778. The fraction of sp³-hybridized carbons (Fsp3) is 0.269. The van der Waals surface area contributed by atoms with E-state index in [0.29, 0.717) is 21.4 Å². The number of ether oxygens (including phenoxy) is 1. The molecule has 0 radical (unpaired) electrons. The van der Waals surface area contributed by atoms with Crippen molar-refractivity contribution >= 4 is 34.8 Å². The van der Waals surface area contributed by atoms with Gasteiger partial charge in [0.25, 0.3) is 0 Å². The summed E-state index contributed by atoms with van der Waals surface area (Å²) in [7, 11) is 1.54. The first-order chi connectivity index (χ1) is 15.9. The van der Waals surface area contributed by atoms with Gasteiger partial charge in [-0.1, -0.05) is 65.7 Å². The van der Waals surface area contributed by atoms with Gasteiger partial charge in [-0.2, -0.15) is 0 Å². The number of rotatable bonds is 7. The molecule has 0 saturated heterocycles. The molecule has 0 aliphatic carbocycles. The molecular formula is C26H27Cl2N3O2. The van der Waals surface area contributed by atoms with Crippen molar-refractivity contribution in [2.75, 3.05) is 19.0 Å². The van der Waals surface area contributed by atoms with Crippen molar-refractivity contribution in [3.05, 3.63) is 93.0 Å². The van der Waals surface area contributed by atoms with E-state index in [4.69, 9.17) is 33.7 Å². The summed E-state index contributed by atoms with van der Waals surface area (Å²) in [6.07, 6.45) is 1.85. The molecule has 5 nitrogen and oxygen atoms in total. The molecule has 2 atom stereocenters. The van der Waals surface area contributed by atoms with Crippen molar-refractivity contribution in [2.45, 2.75) is 31.3 Å². The molecule has 33 heavy (non-hydrogen) atoms. The second-order valence-electron chi connectivity index (χ2n) is 8.24. The van der Waals surface area contributed by atoms with Crippen molar-refractivity contribution in [1.29, 1.82) is 0 Å². The summed E-state index contributed by atoms with van der Waals surface area (Å²) in [5.41, 5.74) is 11.5. The summed E-state index contributed by atoms with van der Waals surface area (Å²) in [4.78, 5) is 13.0. The van der Waals surface area contributed by atoms with E-state index in [-0.39, 0.29) is 18.4 Å². The highest BCUT2D eigenvalue weighted by Crippen LogP contribution is 2.33. The standard InChI is InChI=1S/C26H27Cl2N3O2/c1-33-18-13-21(27)19(22(28)14-18)15-23(29)26(32)31-25-9-10-30-24-8-7-17(12-20(24)25)11-16-5-3-2-4-6-16/h2-8,12-14,23,25,30H,9-11,15,29H2,1H3,(H,31,32)/t23-,25+/m0/s1. The van der Waals surface area contributed by atoms with Gasteiger partial charge in [0.15, 0.2) is 0 Å². The van der Waals surface area contributed by atoms with Crippen LogP contribution in [0.3, 0.4) is 0 Å². The lowest BCUT2D eigenvalue weighted by Crippen LogP contribution is -2.44. The van der Waals surface area contributed by atoms with E-state index >= 15 is 0 Å².